The molecule has 0 amide bonds. The van der Waals surface area contributed by atoms with Gasteiger partial charge in [0, 0.05) is 41.8 Å². The van der Waals surface area contributed by atoms with Gasteiger partial charge in [0.25, 0.3) is 0 Å². The van der Waals surface area contributed by atoms with E-state index in [1.54, 1.807) is 31.3 Å². The Morgan fingerprint density at radius 3 is 2.53 bits per heavy atom. The fourth-order valence-electron chi connectivity index (χ4n) is 4.04. The molecule has 8 heteroatoms. The van der Waals surface area contributed by atoms with E-state index in [4.69, 9.17) is 30.5 Å². The Labute approximate surface area is 178 Å². The molecule has 0 N–H and O–H groups in total. The van der Waals surface area contributed by atoms with Crippen molar-refractivity contribution >= 4 is 23.2 Å². The molecule has 2 atom stereocenters. The normalized spacial score (nSPS) is 22.4. The van der Waals surface area contributed by atoms with Gasteiger partial charge in [0.1, 0.15) is 11.3 Å². The third-order valence-corrected chi connectivity index (χ3v) is 5.94. The number of pyridine rings is 1. The fourth-order valence-corrected chi connectivity index (χ4v) is 4.34. The smallest absolute Gasteiger partial charge is 0.231 e. The molecule has 1 unspecified atom stereocenters. The second-order valence-corrected chi connectivity index (χ2v) is 7.56. The van der Waals surface area contributed by atoms with Gasteiger partial charge in [-0.2, -0.15) is 0 Å². The molecule has 1 aromatic carbocycles. The highest BCUT2D eigenvalue weighted by molar-refractivity contribution is 6.36. The van der Waals surface area contributed by atoms with E-state index < -0.39 is 11.5 Å². The largest absolute Gasteiger partial charge is 0.496 e. The Morgan fingerprint density at radius 2 is 1.93 bits per heavy atom. The first-order valence-corrected chi connectivity index (χ1v) is 9.68. The van der Waals surface area contributed by atoms with Crippen molar-refractivity contribution in [1.82, 2.24) is 4.98 Å². The van der Waals surface area contributed by atoms with E-state index in [1.165, 1.54) is 27.4 Å². The zero-order valence-corrected chi connectivity index (χ0v) is 17.7. The molecule has 1 aromatic heterocycles. The lowest BCUT2D eigenvalue weighted by molar-refractivity contribution is -0.118. The van der Waals surface area contributed by atoms with Crippen LogP contribution in [0.5, 0.6) is 17.4 Å². The van der Waals surface area contributed by atoms with Crippen molar-refractivity contribution in [3.05, 3.63) is 46.8 Å². The molecule has 2 aliphatic rings. The quantitative estimate of drug-likeness (QED) is 0.729. The standard InChI is InChI=1S/C22H20ClNO6/c1-11-7-13(25)8-16(28-3)22(11)21(26)18-15(27-2)9-14(19(23)20(18)30-22)12-5-6-17(29-4)24-10-12/h5-6,8-11H,7H2,1-4H3/t11?,22-/m1/s1. The van der Waals surface area contributed by atoms with Crippen LogP contribution in [0.4, 0.5) is 0 Å². The number of hydrogen-bond acceptors (Lipinski definition) is 7. The molecule has 0 saturated carbocycles. The third-order valence-electron chi connectivity index (χ3n) is 5.57. The summed E-state index contributed by atoms with van der Waals surface area (Å²) in [7, 11) is 4.41. The number of halogens is 1. The number of ether oxygens (including phenoxy) is 4. The van der Waals surface area contributed by atoms with Gasteiger partial charge in [-0.15, -0.1) is 0 Å². The molecule has 7 nitrogen and oxygen atoms in total. The SMILES string of the molecule is COC1=CC(=O)CC(C)[C@@]12Oc1c(Cl)c(-c3ccc(OC)nc3)cc(OC)c1C2=O. The molecule has 30 heavy (non-hydrogen) atoms. The van der Waals surface area contributed by atoms with Crippen molar-refractivity contribution in [2.24, 2.45) is 5.92 Å². The molecular weight excluding hydrogens is 410 g/mol. The Kier molecular flexibility index (Phi) is 4.94. The molecule has 1 spiro atoms. The number of carbonyl (C=O) groups is 2. The maximum atomic E-state index is 13.6. The number of rotatable bonds is 4. The van der Waals surface area contributed by atoms with Crippen LogP contribution in [0.15, 0.2) is 36.2 Å². The average Bonchev–Trinajstić information content (AvgIpc) is 3.06. The number of ketones is 2. The Bertz CT molecular complexity index is 1080. The molecule has 156 valence electrons. The van der Waals surface area contributed by atoms with Crippen molar-refractivity contribution in [2.75, 3.05) is 21.3 Å². The van der Waals surface area contributed by atoms with Gasteiger partial charge in [0.05, 0.1) is 26.4 Å². The molecule has 4 rings (SSSR count). The number of fused-ring (bicyclic) bond motifs is 1. The summed E-state index contributed by atoms with van der Waals surface area (Å²) in [5.41, 5.74) is 0.0681. The summed E-state index contributed by atoms with van der Waals surface area (Å²) < 4.78 is 22.3. The zero-order valence-electron chi connectivity index (χ0n) is 16.9. The summed E-state index contributed by atoms with van der Waals surface area (Å²) in [6, 6.07) is 5.19. The van der Waals surface area contributed by atoms with E-state index in [-0.39, 0.29) is 40.1 Å². The fraction of sp³-hybridized carbons (Fsp3) is 0.318. The molecule has 0 fully saturated rings. The Balaban J connectivity index is 1.91. The van der Waals surface area contributed by atoms with E-state index in [2.05, 4.69) is 4.98 Å². The molecule has 0 radical (unpaired) electrons. The van der Waals surface area contributed by atoms with Crippen LogP contribution >= 0.6 is 11.6 Å². The van der Waals surface area contributed by atoms with E-state index in [0.717, 1.165) is 0 Å². The van der Waals surface area contributed by atoms with Crippen LogP contribution in [0.25, 0.3) is 11.1 Å². The minimum absolute atomic E-state index is 0.125. The first-order valence-electron chi connectivity index (χ1n) is 9.31. The number of Topliss-reactive ketones (excluding diaryl/α,β-unsaturated/α-hetero) is 1. The highest BCUT2D eigenvalue weighted by atomic mass is 35.5. The highest BCUT2D eigenvalue weighted by Gasteiger charge is 2.59. The monoisotopic (exact) mass is 429 g/mol. The number of carbonyl (C=O) groups excluding carboxylic acids is 2. The molecule has 1 aliphatic heterocycles. The number of aromatic nitrogens is 1. The molecule has 2 heterocycles. The van der Waals surface area contributed by atoms with Crippen LogP contribution in [0.2, 0.25) is 5.02 Å². The first-order chi connectivity index (χ1) is 14.4. The number of methoxy groups -OCH3 is 3. The summed E-state index contributed by atoms with van der Waals surface area (Å²) in [4.78, 5) is 29.9. The van der Waals surface area contributed by atoms with Crippen LogP contribution in [0, 0.1) is 5.92 Å². The number of allylic oxidation sites excluding steroid dienone is 1. The maximum Gasteiger partial charge on any atom is 0.231 e. The lowest BCUT2D eigenvalue weighted by Gasteiger charge is -2.36. The van der Waals surface area contributed by atoms with Crippen molar-refractivity contribution in [3.8, 4) is 28.5 Å². The Hall–Kier alpha value is -3.06. The van der Waals surface area contributed by atoms with E-state index in [0.29, 0.717) is 22.8 Å². The van der Waals surface area contributed by atoms with Crippen molar-refractivity contribution in [2.45, 2.75) is 18.9 Å². The minimum atomic E-state index is -1.46. The molecule has 1 aliphatic carbocycles. The first kappa shape index (κ1) is 20.2. The maximum absolute atomic E-state index is 13.6. The highest BCUT2D eigenvalue weighted by Crippen LogP contribution is 2.54. The van der Waals surface area contributed by atoms with Gasteiger partial charge in [0.15, 0.2) is 17.3 Å². The predicted molar refractivity (Wildman–Crippen MR) is 109 cm³/mol. The van der Waals surface area contributed by atoms with Gasteiger partial charge in [0.2, 0.25) is 17.3 Å². The van der Waals surface area contributed by atoms with Gasteiger partial charge in [-0.3, -0.25) is 9.59 Å². The Morgan fingerprint density at radius 1 is 1.17 bits per heavy atom. The zero-order chi connectivity index (χ0) is 21.6. The average molecular weight is 430 g/mol. The number of hydrogen-bond donors (Lipinski definition) is 0. The summed E-state index contributed by atoms with van der Waals surface area (Å²) in [6.07, 6.45) is 3.08. The summed E-state index contributed by atoms with van der Waals surface area (Å²) >= 11 is 6.71. The second kappa shape index (κ2) is 7.32. The molecule has 0 bridgehead atoms. The van der Waals surface area contributed by atoms with E-state index >= 15 is 0 Å². The topological polar surface area (TPSA) is 84.0 Å². The summed E-state index contributed by atoms with van der Waals surface area (Å²) in [5, 5.41) is 0.252. The predicted octanol–water partition coefficient (Wildman–Crippen LogP) is 3.87. The van der Waals surface area contributed by atoms with Crippen LogP contribution in [-0.2, 0) is 9.53 Å². The third kappa shape index (κ3) is 2.76. The van der Waals surface area contributed by atoms with Gasteiger partial charge >= 0.3 is 0 Å². The van der Waals surface area contributed by atoms with Crippen molar-refractivity contribution < 1.29 is 28.5 Å². The van der Waals surface area contributed by atoms with Crippen molar-refractivity contribution in [1.29, 1.82) is 0 Å². The van der Waals surface area contributed by atoms with Crippen LogP contribution in [-0.4, -0.2) is 43.5 Å². The van der Waals surface area contributed by atoms with E-state index in [1.807, 2.05) is 0 Å². The summed E-state index contributed by atoms with van der Waals surface area (Å²) in [6.45, 7) is 1.78. The van der Waals surface area contributed by atoms with Gasteiger partial charge in [-0.25, -0.2) is 4.98 Å². The molecule has 2 aromatic rings. The van der Waals surface area contributed by atoms with Crippen LogP contribution in [0.1, 0.15) is 23.7 Å². The lowest BCUT2D eigenvalue weighted by atomic mass is 9.75. The second-order valence-electron chi connectivity index (χ2n) is 7.18. The molecule has 0 saturated heterocycles. The number of nitrogens with zero attached hydrogens (tertiary/aromatic N) is 1. The lowest BCUT2D eigenvalue weighted by Crippen LogP contribution is -2.51. The van der Waals surface area contributed by atoms with Gasteiger partial charge in [-0.1, -0.05) is 18.5 Å². The van der Waals surface area contributed by atoms with Crippen molar-refractivity contribution in [3.63, 3.8) is 0 Å². The van der Waals surface area contributed by atoms with Crippen LogP contribution in [0.3, 0.4) is 0 Å². The number of benzene rings is 1. The van der Waals surface area contributed by atoms with E-state index in [9.17, 15) is 9.59 Å². The minimum Gasteiger partial charge on any atom is -0.496 e. The molecular formula is C22H20ClNO6. The van der Waals surface area contributed by atoms with Gasteiger partial charge in [-0.05, 0) is 12.1 Å². The van der Waals surface area contributed by atoms with Gasteiger partial charge < -0.3 is 18.9 Å². The van der Waals surface area contributed by atoms with Crippen LogP contribution < -0.4 is 14.2 Å². The summed E-state index contributed by atoms with van der Waals surface area (Å²) in [5.74, 6) is 0.237.